The van der Waals surface area contributed by atoms with Crippen LogP contribution in [0.1, 0.15) is 24.5 Å². The summed E-state index contributed by atoms with van der Waals surface area (Å²) in [5, 5.41) is 23.2. The van der Waals surface area contributed by atoms with E-state index in [4.69, 9.17) is 14.7 Å². The number of aromatic nitrogens is 1. The van der Waals surface area contributed by atoms with Gasteiger partial charge in [-0.2, -0.15) is 15.4 Å². The largest absolute Gasteiger partial charge is 0.476 e. The van der Waals surface area contributed by atoms with Crippen LogP contribution in [-0.2, 0) is 11.3 Å². The van der Waals surface area contributed by atoms with Crippen LogP contribution in [0.15, 0.2) is 51.6 Å². The summed E-state index contributed by atoms with van der Waals surface area (Å²) in [5.74, 6) is 1.40. The number of ether oxygens (including phenoxy) is 2. The fraction of sp³-hybridized carbons (Fsp3) is 0.458. The molecule has 10 nitrogen and oxygen atoms in total. The average Bonchev–Trinajstić information content (AvgIpc) is 2.85. The number of rotatable bonds is 10. The molecule has 34 heavy (non-hydrogen) atoms. The van der Waals surface area contributed by atoms with Crippen LogP contribution in [0.4, 0.5) is 11.5 Å². The van der Waals surface area contributed by atoms with Crippen LogP contribution in [0, 0.1) is 18.4 Å². The van der Waals surface area contributed by atoms with Gasteiger partial charge >= 0.3 is 0 Å². The quantitative estimate of drug-likeness (QED) is 0.138. The first-order valence-electron chi connectivity index (χ1n) is 11.5. The second kappa shape index (κ2) is 13.7. The minimum absolute atomic E-state index is 0.345. The summed E-state index contributed by atoms with van der Waals surface area (Å²) < 4.78 is 11.4. The first-order valence-corrected chi connectivity index (χ1v) is 11.5. The number of aliphatic imine (C=N–C) groups is 1. The second-order valence-electron chi connectivity index (χ2n) is 7.75. The van der Waals surface area contributed by atoms with Crippen molar-refractivity contribution >= 4 is 17.5 Å². The monoisotopic (exact) mass is 464 g/mol. The number of hydrogen-bond donors (Lipinski definition) is 2. The Morgan fingerprint density at radius 2 is 2.12 bits per heavy atom. The number of guanidine groups is 1. The van der Waals surface area contributed by atoms with E-state index < -0.39 is 0 Å². The van der Waals surface area contributed by atoms with Gasteiger partial charge in [0.05, 0.1) is 26.3 Å². The molecule has 0 atom stereocenters. The Bertz CT molecular complexity index is 1010. The number of azo groups is 1. The highest BCUT2D eigenvalue weighted by Gasteiger charge is 2.14. The van der Waals surface area contributed by atoms with Crippen molar-refractivity contribution in [2.24, 2.45) is 15.2 Å². The van der Waals surface area contributed by atoms with Gasteiger partial charge in [0.1, 0.15) is 6.61 Å². The molecule has 0 bridgehead atoms. The molecule has 2 heterocycles. The summed E-state index contributed by atoms with van der Waals surface area (Å²) in [5.41, 5.74) is 3.27. The Morgan fingerprint density at radius 1 is 1.26 bits per heavy atom. The van der Waals surface area contributed by atoms with E-state index in [1.807, 2.05) is 37.4 Å². The van der Waals surface area contributed by atoms with Crippen molar-refractivity contribution in [1.82, 2.24) is 15.6 Å². The first-order chi connectivity index (χ1) is 16.7. The Balaban J connectivity index is 1.66. The molecule has 2 N–H and O–H groups in total. The Labute approximate surface area is 200 Å². The average molecular weight is 465 g/mol. The zero-order valence-corrected chi connectivity index (χ0v) is 19.8. The Kier molecular flexibility index (Phi) is 10.1. The van der Waals surface area contributed by atoms with Gasteiger partial charge in [0.25, 0.3) is 0 Å². The van der Waals surface area contributed by atoms with E-state index >= 15 is 0 Å². The summed E-state index contributed by atoms with van der Waals surface area (Å²) >= 11 is 0. The molecule has 1 aromatic carbocycles. The molecular weight excluding hydrogens is 432 g/mol. The molecular formula is C24H32N8O2. The van der Waals surface area contributed by atoms with Crippen LogP contribution < -0.4 is 20.3 Å². The highest BCUT2D eigenvalue weighted by molar-refractivity contribution is 5.81. The smallest absolute Gasteiger partial charge is 0.217 e. The van der Waals surface area contributed by atoms with Gasteiger partial charge < -0.3 is 19.7 Å². The molecule has 0 saturated carbocycles. The van der Waals surface area contributed by atoms with E-state index in [0.717, 1.165) is 30.8 Å². The third-order valence-corrected chi connectivity index (χ3v) is 4.97. The van der Waals surface area contributed by atoms with E-state index in [2.05, 4.69) is 54.8 Å². The van der Waals surface area contributed by atoms with Crippen LogP contribution in [0.3, 0.4) is 0 Å². The third-order valence-electron chi connectivity index (χ3n) is 4.97. The minimum atomic E-state index is 0.345. The topological polar surface area (TPSA) is 120 Å². The SMILES string of the molecule is CCCN=C(NC#N)NCCOc1cc(N2CCOCC2)cc(N=NCc2cccc(C)c2)n1. The van der Waals surface area contributed by atoms with E-state index in [0.29, 0.717) is 57.1 Å². The molecule has 1 aromatic heterocycles. The van der Waals surface area contributed by atoms with Crippen LogP contribution in [0.25, 0.3) is 0 Å². The molecule has 0 unspecified atom stereocenters. The molecule has 1 aliphatic heterocycles. The minimum Gasteiger partial charge on any atom is -0.476 e. The number of pyridine rings is 1. The predicted octanol–water partition coefficient (Wildman–Crippen LogP) is 3.32. The van der Waals surface area contributed by atoms with Gasteiger partial charge in [-0.3, -0.25) is 10.3 Å². The van der Waals surface area contributed by atoms with Crippen molar-refractivity contribution in [2.75, 3.05) is 50.9 Å². The summed E-state index contributed by atoms with van der Waals surface area (Å²) in [7, 11) is 0. The molecule has 0 aliphatic carbocycles. The Hall–Kier alpha value is -3.71. The van der Waals surface area contributed by atoms with Crippen molar-refractivity contribution in [2.45, 2.75) is 26.8 Å². The zero-order chi connectivity index (χ0) is 24.0. The number of anilines is 1. The lowest BCUT2D eigenvalue weighted by molar-refractivity contribution is 0.122. The van der Waals surface area contributed by atoms with Gasteiger partial charge in [-0.15, -0.1) is 5.11 Å². The molecule has 2 aromatic rings. The maximum absolute atomic E-state index is 8.86. The van der Waals surface area contributed by atoms with Crippen LogP contribution >= 0.6 is 0 Å². The maximum atomic E-state index is 8.86. The molecule has 0 radical (unpaired) electrons. The summed E-state index contributed by atoms with van der Waals surface area (Å²) in [6.07, 6.45) is 2.78. The fourth-order valence-electron chi connectivity index (χ4n) is 3.35. The molecule has 0 spiro atoms. The molecule has 1 saturated heterocycles. The summed E-state index contributed by atoms with van der Waals surface area (Å²) in [4.78, 5) is 11.0. The maximum Gasteiger partial charge on any atom is 0.217 e. The third kappa shape index (κ3) is 8.33. The number of aryl methyl sites for hydroxylation is 1. The van der Waals surface area contributed by atoms with Crippen molar-refractivity contribution in [3.63, 3.8) is 0 Å². The van der Waals surface area contributed by atoms with Crippen molar-refractivity contribution in [3.05, 3.63) is 47.5 Å². The number of nitrogens with one attached hydrogen (secondary N) is 2. The Morgan fingerprint density at radius 3 is 2.88 bits per heavy atom. The number of benzene rings is 1. The predicted molar refractivity (Wildman–Crippen MR) is 132 cm³/mol. The number of hydrogen-bond acceptors (Lipinski definition) is 8. The normalized spacial score (nSPS) is 14.1. The number of morpholine rings is 1. The van der Waals surface area contributed by atoms with Gasteiger partial charge in [0.2, 0.25) is 11.8 Å². The van der Waals surface area contributed by atoms with Crippen LogP contribution in [0.5, 0.6) is 5.88 Å². The summed E-state index contributed by atoms with van der Waals surface area (Å²) in [6.45, 7) is 8.96. The zero-order valence-electron chi connectivity index (χ0n) is 19.8. The molecule has 3 rings (SSSR count). The van der Waals surface area contributed by atoms with Gasteiger partial charge in [0, 0.05) is 37.5 Å². The molecule has 1 aliphatic rings. The summed E-state index contributed by atoms with van der Waals surface area (Å²) in [6, 6.07) is 12.0. The highest BCUT2D eigenvalue weighted by atomic mass is 16.5. The van der Waals surface area contributed by atoms with Crippen LogP contribution in [-0.4, -0.2) is 56.9 Å². The molecule has 180 valence electrons. The van der Waals surface area contributed by atoms with Gasteiger partial charge in [-0.1, -0.05) is 36.8 Å². The fourth-order valence-corrected chi connectivity index (χ4v) is 3.35. The van der Waals surface area contributed by atoms with E-state index in [-0.39, 0.29) is 0 Å². The van der Waals surface area contributed by atoms with Crippen molar-refractivity contribution in [1.29, 1.82) is 5.26 Å². The lowest BCUT2D eigenvalue weighted by Gasteiger charge is -2.29. The van der Waals surface area contributed by atoms with Gasteiger partial charge in [-0.25, -0.2) is 0 Å². The van der Waals surface area contributed by atoms with E-state index in [1.165, 1.54) is 5.56 Å². The lowest BCUT2D eigenvalue weighted by Crippen LogP contribution is -2.37. The first kappa shape index (κ1) is 24.9. The lowest BCUT2D eigenvalue weighted by atomic mass is 10.1. The van der Waals surface area contributed by atoms with Gasteiger partial charge in [0.15, 0.2) is 12.0 Å². The highest BCUT2D eigenvalue weighted by Crippen LogP contribution is 2.26. The second-order valence-corrected chi connectivity index (χ2v) is 7.75. The number of nitriles is 1. The van der Waals surface area contributed by atoms with Crippen LogP contribution in [0.2, 0.25) is 0 Å². The van der Waals surface area contributed by atoms with E-state index in [9.17, 15) is 0 Å². The molecule has 10 heteroatoms. The van der Waals surface area contributed by atoms with Gasteiger partial charge in [-0.05, 0) is 18.9 Å². The van der Waals surface area contributed by atoms with Crippen molar-refractivity contribution < 1.29 is 9.47 Å². The molecule has 0 amide bonds. The molecule has 1 fully saturated rings. The van der Waals surface area contributed by atoms with Crippen molar-refractivity contribution in [3.8, 4) is 12.1 Å². The number of nitrogens with zero attached hydrogens (tertiary/aromatic N) is 6. The standard InChI is InChI=1S/C24H32N8O2/c1-3-7-26-24(28-18-25)27-8-11-34-23-16-21(32-9-12-33-13-10-32)15-22(30-23)31-29-17-20-6-4-5-19(2)14-20/h4-6,14-16H,3,7-13,17H2,1-2H3,(H2,26,27,28). The van der Waals surface area contributed by atoms with E-state index in [1.54, 1.807) is 0 Å².